The summed E-state index contributed by atoms with van der Waals surface area (Å²) in [5.74, 6) is -2.50. The van der Waals surface area contributed by atoms with Crippen LogP contribution in [0.1, 0.15) is 5.82 Å². The van der Waals surface area contributed by atoms with E-state index in [1.165, 1.54) is 18.2 Å². The van der Waals surface area contributed by atoms with Gasteiger partial charge < -0.3 is 9.57 Å². The summed E-state index contributed by atoms with van der Waals surface area (Å²) in [6, 6.07) is 5.38. The number of rotatable bonds is 4. The van der Waals surface area contributed by atoms with Crippen LogP contribution in [-0.4, -0.2) is 27.3 Å². The smallest absolute Gasteiger partial charge is 0.453 e. The highest BCUT2D eigenvalue weighted by atomic mass is 35.5. The van der Waals surface area contributed by atoms with Gasteiger partial charge in [0.05, 0.1) is 10.0 Å². The summed E-state index contributed by atoms with van der Waals surface area (Å²) in [5.41, 5.74) is -0.520. The first kappa shape index (κ1) is 19.5. The van der Waals surface area contributed by atoms with Gasteiger partial charge in [0.1, 0.15) is 11.3 Å². The van der Waals surface area contributed by atoms with Gasteiger partial charge in [0.2, 0.25) is 0 Å². The first-order chi connectivity index (χ1) is 12.6. The largest absolute Gasteiger partial charge is 0.480 e. The van der Waals surface area contributed by atoms with Crippen LogP contribution in [0.2, 0.25) is 15.1 Å². The predicted molar refractivity (Wildman–Crippen MR) is 91.1 cm³/mol. The number of alkyl halides is 3. The Bertz CT molecular complexity index is 1020. The number of hydrogen-bond acceptors (Lipinski definition) is 5. The second kappa shape index (κ2) is 7.41. The van der Waals surface area contributed by atoms with E-state index >= 15 is 0 Å². The van der Waals surface area contributed by atoms with E-state index in [0.29, 0.717) is 5.02 Å². The molecule has 2 heterocycles. The molecule has 0 aliphatic rings. The van der Waals surface area contributed by atoms with Crippen LogP contribution >= 0.6 is 34.8 Å². The molecular formula is C15H7Cl3F3N3O3. The molecule has 12 heteroatoms. The topological polar surface area (TPSA) is 66.2 Å². The van der Waals surface area contributed by atoms with Crippen LogP contribution < -0.4 is 9.57 Å². The molecule has 0 amide bonds. The summed E-state index contributed by atoms with van der Waals surface area (Å²) in [7, 11) is 0. The molecule has 3 aromatic rings. The van der Waals surface area contributed by atoms with Gasteiger partial charge in [-0.15, -0.1) is 4.73 Å². The first-order valence-electron chi connectivity index (χ1n) is 7.05. The molecule has 0 saturated carbocycles. The number of halogens is 6. The molecule has 6 nitrogen and oxygen atoms in total. The average Bonchev–Trinajstić information content (AvgIpc) is 2.92. The predicted octanol–water partition coefficient (Wildman–Crippen LogP) is 4.44. The molecule has 0 N–H and O–H groups in total. The molecule has 0 bridgehead atoms. The molecule has 0 spiro atoms. The molecule has 0 fully saturated rings. The van der Waals surface area contributed by atoms with Gasteiger partial charge >= 0.3 is 12.1 Å². The lowest BCUT2D eigenvalue weighted by molar-refractivity contribution is -0.163. The van der Waals surface area contributed by atoms with Crippen LogP contribution in [0.4, 0.5) is 13.2 Å². The van der Waals surface area contributed by atoms with Crippen LogP contribution in [-0.2, 0) is 11.0 Å². The summed E-state index contributed by atoms with van der Waals surface area (Å²) in [6.07, 6.45) is -3.78. The molecule has 2 aromatic heterocycles. The number of carbonyl (C=O) groups is 1. The minimum atomic E-state index is -4.90. The minimum absolute atomic E-state index is 0.0395. The molecule has 142 valence electrons. The average molecular weight is 441 g/mol. The highest BCUT2D eigenvalue weighted by molar-refractivity contribution is 6.35. The van der Waals surface area contributed by atoms with E-state index in [0.717, 1.165) is 12.3 Å². The standard InChI is InChI=1S/C15H7Cl3F3N3O3/c16-7-1-2-11(9(18)3-7)26-6-12(25)27-24-10-4-8(17)5-22-13(10)23-14(24)15(19,20)21/h1-5H,6H2. The van der Waals surface area contributed by atoms with E-state index in [-0.39, 0.29) is 31.7 Å². The van der Waals surface area contributed by atoms with Crippen molar-refractivity contribution in [3.05, 3.63) is 51.4 Å². The number of ether oxygens (including phenoxy) is 1. The third-order valence-electron chi connectivity index (χ3n) is 3.12. The zero-order chi connectivity index (χ0) is 19.8. The van der Waals surface area contributed by atoms with E-state index in [9.17, 15) is 18.0 Å². The normalized spacial score (nSPS) is 11.6. The molecule has 0 aliphatic carbocycles. The SMILES string of the molecule is O=C(COc1ccc(Cl)cc1Cl)On1c(C(F)(F)F)nc2ncc(Cl)cc21. The molecule has 0 aliphatic heterocycles. The fourth-order valence-corrected chi connectivity index (χ4v) is 2.66. The Morgan fingerprint density at radius 2 is 1.89 bits per heavy atom. The van der Waals surface area contributed by atoms with Gasteiger partial charge in [-0.25, -0.2) is 14.8 Å². The van der Waals surface area contributed by atoms with Crippen molar-refractivity contribution in [3.63, 3.8) is 0 Å². The Hall–Kier alpha value is -2.23. The zero-order valence-corrected chi connectivity index (χ0v) is 15.2. The van der Waals surface area contributed by atoms with Crippen LogP contribution in [0, 0.1) is 0 Å². The van der Waals surface area contributed by atoms with Gasteiger partial charge in [0, 0.05) is 11.2 Å². The number of nitrogens with zero attached hydrogens (tertiary/aromatic N) is 3. The van der Waals surface area contributed by atoms with Crippen molar-refractivity contribution in [2.24, 2.45) is 0 Å². The van der Waals surface area contributed by atoms with Crippen LogP contribution in [0.15, 0.2) is 30.5 Å². The fraction of sp³-hybridized carbons (Fsp3) is 0.133. The number of imidazole rings is 1. The number of hydrogen-bond donors (Lipinski definition) is 0. The Labute approximate surface area is 164 Å². The van der Waals surface area contributed by atoms with Crippen LogP contribution in [0.5, 0.6) is 5.75 Å². The van der Waals surface area contributed by atoms with E-state index in [1.807, 2.05) is 0 Å². The van der Waals surface area contributed by atoms with Gasteiger partial charge in [-0.05, 0) is 24.3 Å². The van der Waals surface area contributed by atoms with E-state index in [1.54, 1.807) is 0 Å². The van der Waals surface area contributed by atoms with E-state index in [4.69, 9.17) is 44.4 Å². The molecule has 27 heavy (non-hydrogen) atoms. The van der Waals surface area contributed by atoms with Gasteiger partial charge in [-0.3, -0.25) is 0 Å². The fourth-order valence-electron chi connectivity index (χ4n) is 2.04. The van der Waals surface area contributed by atoms with Crippen molar-refractivity contribution in [2.75, 3.05) is 6.61 Å². The number of pyridine rings is 1. The monoisotopic (exact) mass is 439 g/mol. The maximum atomic E-state index is 13.2. The van der Waals surface area contributed by atoms with Crippen LogP contribution in [0.25, 0.3) is 11.2 Å². The third-order valence-corrected chi connectivity index (χ3v) is 3.86. The van der Waals surface area contributed by atoms with Crippen molar-refractivity contribution in [2.45, 2.75) is 6.18 Å². The Morgan fingerprint density at radius 3 is 2.56 bits per heavy atom. The Balaban J connectivity index is 1.84. The summed E-state index contributed by atoms with van der Waals surface area (Å²) >= 11 is 17.4. The van der Waals surface area contributed by atoms with Gasteiger partial charge in [0.15, 0.2) is 12.3 Å². The van der Waals surface area contributed by atoms with Crippen molar-refractivity contribution in [3.8, 4) is 5.75 Å². The lowest BCUT2D eigenvalue weighted by Gasteiger charge is -2.12. The quantitative estimate of drug-likeness (QED) is 0.600. The number of fused-ring (bicyclic) bond motifs is 1. The lowest BCUT2D eigenvalue weighted by Crippen LogP contribution is -2.29. The van der Waals surface area contributed by atoms with Crippen molar-refractivity contribution < 1.29 is 27.5 Å². The number of aromatic nitrogens is 3. The van der Waals surface area contributed by atoms with Gasteiger partial charge in [0.25, 0.3) is 5.82 Å². The molecule has 0 unspecified atom stereocenters. The second-order valence-electron chi connectivity index (χ2n) is 5.05. The highest BCUT2D eigenvalue weighted by Gasteiger charge is 2.39. The maximum absolute atomic E-state index is 13.2. The molecule has 1 aromatic carbocycles. The molecule has 3 rings (SSSR count). The number of benzene rings is 1. The first-order valence-corrected chi connectivity index (χ1v) is 8.19. The summed E-state index contributed by atoms with van der Waals surface area (Å²) in [5, 5.41) is 0.506. The van der Waals surface area contributed by atoms with Crippen molar-refractivity contribution >= 4 is 51.9 Å². The summed E-state index contributed by atoms with van der Waals surface area (Å²) in [6.45, 7) is -0.716. The molecular weight excluding hydrogens is 434 g/mol. The summed E-state index contributed by atoms with van der Waals surface area (Å²) < 4.78 is 44.9. The second-order valence-corrected chi connectivity index (χ2v) is 6.33. The molecule has 0 radical (unpaired) electrons. The Kier molecular flexibility index (Phi) is 5.36. The number of carbonyl (C=O) groups excluding carboxylic acids is 1. The maximum Gasteiger partial charge on any atom is 0.453 e. The van der Waals surface area contributed by atoms with Crippen molar-refractivity contribution in [1.29, 1.82) is 0 Å². The molecule has 0 atom stereocenters. The highest BCUT2D eigenvalue weighted by Crippen LogP contribution is 2.31. The van der Waals surface area contributed by atoms with Crippen LogP contribution in [0.3, 0.4) is 0 Å². The Morgan fingerprint density at radius 1 is 1.15 bits per heavy atom. The summed E-state index contributed by atoms with van der Waals surface area (Å²) in [4.78, 5) is 23.8. The van der Waals surface area contributed by atoms with E-state index in [2.05, 4.69) is 9.97 Å². The zero-order valence-electron chi connectivity index (χ0n) is 12.9. The van der Waals surface area contributed by atoms with E-state index < -0.39 is 24.6 Å². The van der Waals surface area contributed by atoms with Crippen molar-refractivity contribution in [1.82, 2.24) is 14.7 Å². The van der Waals surface area contributed by atoms with Gasteiger partial charge in [-0.1, -0.05) is 34.8 Å². The third kappa shape index (κ3) is 4.37. The minimum Gasteiger partial charge on any atom is -0.480 e. The molecule has 0 saturated heterocycles. The van der Waals surface area contributed by atoms with Gasteiger partial charge in [-0.2, -0.15) is 13.2 Å². The lowest BCUT2D eigenvalue weighted by atomic mass is 10.3.